The predicted octanol–water partition coefficient (Wildman–Crippen LogP) is 4.68. The third kappa shape index (κ3) is 1.01. The monoisotopic (exact) mass is 228 g/mol. The van der Waals surface area contributed by atoms with Crippen molar-refractivity contribution in [2.45, 2.75) is 12.8 Å². The molecule has 2 aromatic rings. The second kappa shape index (κ2) is 2.84. The van der Waals surface area contributed by atoms with Crippen LogP contribution < -0.4 is 0 Å². The van der Waals surface area contributed by atoms with Crippen LogP contribution in [0.3, 0.4) is 0 Å². The van der Waals surface area contributed by atoms with Gasteiger partial charge in [0.05, 0.1) is 0 Å². The molecular formula is C18H12. The Morgan fingerprint density at radius 1 is 0.444 bits per heavy atom. The molecule has 0 saturated carbocycles. The second-order valence-electron chi connectivity index (χ2n) is 5.36. The molecule has 0 aliphatic heterocycles. The Balaban J connectivity index is 1.93. The van der Waals surface area contributed by atoms with Crippen molar-refractivity contribution in [1.82, 2.24) is 0 Å². The molecule has 0 spiro atoms. The summed E-state index contributed by atoms with van der Waals surface area (Å²) in [5, 5.41) is 0. The highest BCUT2D eigenvalue weighted by Gasteiger charge is 2.38. The lowest BCUT2D eigenvalue weighted by molar-refractivity contribution is 1.46. The van der Waals surface area contributed by atoms with Gasteiger partial charge < -0.3 is 0 Å². The van der Waals surface area contributed by atoms with Gasteiger partial charge in [0.25, 0.3) is 0 Å². The van der Waals surface area contributed by atoms with Gasteiger partial charge in [-0.3, -0.25) is 0 Å². The standard InChI is InChI=1S/C18H12/c1-3-7-13-11(5-1)12-6-2-4-8-14(12)16-10-18(16)17-9-15(13)17/h1-8H,9-10H2. The van der Waals surface area contributed by atoms with Crippen LogP contribution in [-0.2, 0) is 0 Å². The first-order chi connectivity index (χ1) is 8.93. The Hall–Kier alpha value is -2.08. The van der Waals surface area contributed by atoms with E-state index in [-0.39, 0.29) is 0 Å². The summed E-state index contributed by atoms with van der Waals surface area (Å²) in [7, 11) is 0. The minimum atomic E-state index is 1.21. The molecular weight excluding hydrogens is 216 g/mol. The molecule has 0 heterocycles. The van der Waals surface area contributed by atoms with Gasteiger partial charge >= 0.3 is 0 Å². The van der Waals surface area contributed by atoms with Crippen molar-refractivity contribution < 1.29 is 0 Å². The normalized spacial score (nSPS) is 18.2. The van der Waals surface area contributed by atoms with Crippen LogP contribution in [0.4, 0.5) is 0 Å². The van der Waals surface area contributed by atoms with Crippen molar-refractivity contribution in [3.63, 3.8) is 0 Å². The highest BCUT2D eigenvalue weighted by molar-refractivity contribution is 6.06. The summed E-state index contributed by atoms with van der Waals surface area (Å²) in [6.07, 6.45) is 2.42. The fourth-order valence-corrected chi connectivity index (χ4v) is 3.32. The lowest BCUT2D eigenvalue weighted by atomic mass is 9.92. The third-order valence-corrected chi connectivity index (χ3v) is 4.34. The molecule has 3 aliphatic rings. The van der Waals surface area contributed by atoms with E-state index in [1.54, 1.807) is 22.3 Å². The van der Waals surface area contributed by atoms with Crippen LogP contribution in [0, 0.1) is 0 Å². The van der Waals surface area contributed by atoms with E-state index in [0.717, 1.165) is 0 Å². The van der Waals surface area contributed by atoms with Crippen molar-refractivity contribution in [2.24, 2.45) is 0 Å². The van der Waals surface area contributed by atoms with E-state index in [4.69, 9.17) is 0 Å². The Bertz CT molecular complexity index is 705. The highest BCUT2D eigenvalue weighted by Crippen LogP contribution is 2.60. The fourth-order valence-electron chi connectivity index (χ4n) is 3.32. The SMILES string of the molecule is c1ccc2c(c1)C1=C(C1)C1=C(C1)c1ccccc1-2. The van der Waals surface area contributed by atoms with E-state index in [0.29, 0.717) is 0 Å². The molecule has 84 valence electrons. The zero-order valence-electron chi connectivity index (χ0n) is 10.0. The van der Waals surface area contributed by atoms with Crippen molar-refractivity contribution >= 4 is 11.1 Å². The van der Waals surface area contributed by atoms with Crippen molar-refractivity contribution in [3.05, 3.63) is 70.8 Å². The van der Waals surface area contributed by atoms with E-state index >= 15 is 0 Å². The van der Waals surface area contributed by atoms with Gasteiger partial charge in [0, 0.05) is 0 Å². The molecule has 0 unspecified atom stereocenters. The molecule has 0 N–H and O–H groups in total. The van der Waals surface area contributed by atoms with Gasteiger partial charge in [-0.25, -0.2) is 0 Å². The van der Waals surface area contributed by atoms with Gasteiger partial charge in [-0.2, -0.15) is 0 Å². The Kier molecular flexibility index (Phi) is 1.41. The minimum absolute atomic E-state index is 1.21. The van der Waals surface area contributed by atoms with Crippen LogP contribution in [0.1, 0.15) is 24.0 Å². The van der Waals surface area contributed by atoms with Gasteiger partial charge in [-0.1, -0.05) is 48.5 Å². The van der Waals surface area contributed by atoms with Gasteiger partial charge in [-0.05, 0) is 57.4 Å². The van der Waals surface area contributed by atoms with Crippen LogP contribution in [-0.4, -0.2) is 0 Å². The van der Waals surface area contributed by atoms with Crippen LogP contribution in [0.2, 0.25) is 0 Å². The molecule has 0 saturated heterocycles. The number of fused-ring (bicyclic) bond motifs is 6. The maximum atomic E-state index is 2.28. The minimum Gasteiger partial charge on any atom is -0.0616 e. The summed E-state index contributed by atoms with van der Waals surface area (Å²) in [4.78, 5) is 0. The number of allylic oxidation sites excluding steroid dienone is 4. The largest absolute Gasteiger partial charge is 0.0616 e. The Morgan fingerprint density at radius 3 is 1.28 bits per heavy atom. The van der Waals surface area contributed by atoms with E-state index in [1.807, 2.05) is 0 Å². The molecule has 2 aromatic carbocycles. The topological polar surface area (TPSA) is 0 Å². The number of hydrogen-bond acceptors (Lipinski definition) is 0. The van der Waals surface area contributed by atoms with Crippen LogP contribution in [0.25, 0.3) is 22.3 Å². The van der Waals surface area contributed by atoms with E-state index in [2.05, 4.69) is 48.5 Å². The first kappa shape index (κ1) is 8.93. The molecule has 5 rings (SSSR count). The van der Waals surface area contributed by atoms with E-state index < -0.39 is 0 Å². The molecule has 0 radical (unpaired) electrons. The molecule has 0 fully saturated rings. The van der Waals surface area contributed by atoms with Crippen LogP contribution in [0.5, 0.6) is 0 Å². The second-order valence-corrected chi connectivity index (χ2v) is 5.36. The first-order valence-corrected chi connectivity index (χ1v) is 6.57. The van der Waals surface area contributed by atoms with E-state index in [1.165, 1.54) is 35.1 Å². The first-order valence-electron chi connectivity index (χ1n) is 6.57. The summed E-state index contributed by atoms with van der Waals surface area (Å²) >= 11 is 0. The van der Waals surface area contributed by atoms with Crippen LogP contribution >= 0.6 is 0 Å². The number of hydrogen-bond donors (Lipinski definition) is 0. The average molecular weight is 228 g/mol. The number of rotatable bonds is 0. The molecule has 3 aliphatic carbocycles. The third-order valence-electron chi connectivity index (χ3n) is 4.34. The summed E-state index contributed by atoms with van der Waals surface area (Å²) in [5.41, 5.74) is 12.2. The lowest BCUT2D eigenvalue weighted by Gasteiger charge is -2.11. The van der Waals surface area contributed by atoms with Gasteiger partial charge in [0.15, 0.2) is 0 Å². The van der Waals surface area contributed by atoms with E-state index in [9.17, 15) is 0 Å². The quantitative estimate of drug-likeness (QED) is 0.614. The molecule has 0 bridgehead atoms. The average Bonchev–Trinajstić information content (AvgIpc) is 3.29. The summed E-state index contributed by atoms with van der Waals surface area (Å²) in [6.45, 7) is 0. The Morgan fingerprint density at radius 2 is 0.833 bits per heavy atom. The maximum absolute atomic E-state index is 2.28. The summed E-state index contributed by atoms with van der Waals surface area (Å²) in [5.74, 6) is 0. The van der Waals surface area contributed by atoms with Crippen molar-refractivity contribution in [1.29, 1.82) is 0 Å². The Labute approximate surface area is 106 Å². The number of benzene rings is 2. The molecule has 0 amide bonds. The van der Waals surface area contributed by atoms with Crippen molar-refractivity contribution in [3.8, 4) is 11.1 Å². The zero-order chi connectivity index (χ0) is 11.7. The van der Waals surface area contributed by atoms with Crippen LogP contribution in [0.15, 0.2) is 59.7 Å². The summed E-state index contributed by atoms with van der Waals surface area (Å²) < 4.78 is 0. The van der Waals surface area contributed by atoms with Gasteiger partial charge in [0.2, 0.25) is 0 Å². The highest BCUT2D eigenvalue weighted by atomic mass is 14.4. The predicted molar refractivity (Wildman–Crippen MR) is 75.0 cm³/mol. The molecule has 0 nitrogen and oxygen atoms in total. The molecule has 0 aromatic heterocycles. The smallest absolute Gasteiger partial charge is 0.00106 e. The lowest BCUT2D eigenvalue weighted by Crippen LogP contribution is -1.88. The molecule has 0 heteroatoms. The fraction of sp³-hybridized carbons (Fsp3) is 0.111. The van der Waals surface area contributed by atoms with Gasteiger partial charge in [-0.15, -0.1) is 0 Å². The molecule has 18 heavy (non-hydrogen) atoms. The summed E-state index contributed by atoms with van der Waals surface area (Å²) in [6, 6.07) is 17.7. The zero-order valence-corrected chi connectivity index (χ0v) is 10.0. The van der Waals surface area contributed by atoms with Crippen molar-refractivity contribution in [2.75, 3.05) is 0 Å². The molecule has 0 atom stereocenters. The van der Waals surface area contributed by atoms with Gasteiger partial charge in [0.1, 0.15) is 0 Å². The maximum Gasteiger partial charge on any atom is -0.00106 e.